The number of ether oxygens (including phenoxy) is 1. The number of alkyl carbamates (subject to hydrolysis) is 1. The molecule has 37 heavy (non-hydrogen) atoms. The fourth-order valence-electron chi connectivity index (χ4n) is 3.73. The molecule has 0 aliphatic rings. The first-order valence-corrected chi connectivity index (χ1v) is 11.6. The molecule has 2 rings (SSSR count). The highest BCUT2D eigenvalue weighted by molar-refractivity contribution is 6.00. The lowest BCUT2D eigenvalue weighted by Gasteiger charge is -2.33. The minimum absolute atomic E-state index is 0.311. The SMILES string of the molecule is C#Cc1ccccc1C(C(=O)Nc1c(C)cccc1C)N(CC#N)C(=O)C(CO)NC(=O)OC(C)(C)C. The number of nitrogens with one attached hydrogen (secondary N) is 2. The molecule has 0 heterocycles. The lowest BCUT2D eigenvalue weighted by atomic mass is 9.97. The van der Waals surface area contributed by atoms with E-state index in [1.807, 2.05) is 38.1 Å². The molecule has 0 aromatic heterocycles. The highest BCUT2D eigenvalue weighted by Crippen LogP contribution is 2.28. The molecule has 0 fully saturated rings. The lowest BCUT2D eigenvalue weighted by Crippen LogP contribution is -2.54. The standard InChI is InChI=1S/C28H32N4O5/c1-7-20-13-8-9-14-21(20)24(25(34)31-23-18(2)11-10-12-19(23)3)32(16-15-29)26(35)22(17-33)30-27(36)37-28(4,5)6/h1,8-14,22,24,33H,16-17H2,2-6H3,(H,30,36)(H,31,34). The number of rotatable bonds is 8. The fraction of sp³-hybridized carbons (Fsp3) is 0.357. The number of aryl methyl sites for hydroxylation is 2. The quantitative estimate of drug-likeness (QED) is 0.374. The second kappa shape index (κ2) is 12.6. The Morgan fingerprint density at radius 3 is 2.27 bits per heavy atom. The molecule has 2 unspecified atom stereocenters. The van der Waals surface area contributed by atoms with E-state index < -0.39 is 48.7 Å². The third-order valence-corrected chi connectivity index (χ3v) is 5.40. The number of amides is 3. The summed E-state index contributed by atoms with van der Waals surface area (Å²) in [5, 5.41) is 24.7. The van der Waals surface area contributed by atoms with Crippen LogP contribution >= 0.6 is 0 Å². The maximum absolute atomic E-state index is 13.8. The summed E-state index contributed by atoms with van der Waals surface area (Å²) < 4.78 is 5.19. The van der Waals surface area contributed by atoms with Crippen LogP contribution in [0.15, 0.2) is 42.5 Å². The zero-order valence-corrected chi connectivity index (χ0v) is 21.7. The van der Waals surface area contributed by atoms with E-state index in [9.17, 15) is 24.8 Å². The normalized spacial score (nSPS) is 12.3. The van der Waals surface area contributed by atoms with Crippen LogP contribution in [0.3, 0.4) is 0 Å². The molecule has 2 aromatic rings. The number of terminal acetylenes is 1. The summed E-state index contributed by atoms with van der Waals surface area (Å²) in [6.45, 7) is 7.30. The topological polar surface area (TPSA) is 132 Å². The predicted molar refractivity (Wildman–Crippen MR) is 139 cm³/mol. The van der Waals surface area contributed by atoms with Gasteiger partial charge in [0.25, 0.3) is 5.91 Å². The zero-order valence-electron chi connectivity index (χ0n) is 21.7. The van der Waals surface area contributed by atoms with Crippen LogP contribution in [0.5, 0.6) is 0 Å². The second-order valence-corrected chi connectivity index (χ2v) is 9.40. The van der Waals surface area contributed by atoms with Crippen molar-refractivity contribution in [3.63, 3.8) is 0 Å². The number of benzene rings is 2. The molecule has 0 bridgehead atoms. The van der Waals surface area contributed by atoms with Crippen molar-refractivity contribution < 1.29 is 24.2 Å². The summed E-state index contributed by atoms with van der Waals surface area (Å²) in [7, 11) is 0. The number of aliphatic hydroxyl groups is 1. The summed E-state index contributed by atoms with van der Waals surface area (Å²) >= 11 is 0. The molecule has 194 valence electrons. The molecule has 2 aromatic carbocycles. The van der Waals surface area contributed by atoms with Gasteiger partial charge in [0.05, 0.1) is 12.7 Å². The van der Waals surface area contributed by atoms with Gasteiger partial charge in [-0.05, 0) is 57.4 Å². The summed E-state index contributed by atoms with van der Waals surface area (Å²) in [5.41, 5.74) is 1.97. The number of nitrogens with zero attached hydrogens (tertiary/aromatic N) is 2. The molecular formula is C28H32N4O5. The maximum Gasteiger partial charge on any atom is 0.408 e. The van der Waals surface area contributed by atoms with Crippen molar-refractivity contribution in [2.45, 2.75) is 52.3 Å². The molecule has 3 amide bonds. The number of aliphatic hydroxyl groups excluding tert-OH is 1. The molecule has 0 saturated carbocycles. The van der Waals surface area contributed by atoms with Gasteiger partial charge in [-0.3, -0.25) is 9.59 Å². The molecule has 0 radical (unpaired) electrons. The number of hydrogen-bond acceptors (Lipinski definition) is 6. The van der Waals surface area contributed by atoms with Gasteiger partial charge in [0, 0.05) is 11.3 Å². The smallest absolute Gasteiger partial charge is 0.408 e. The van der Waals surface area contributed by atoms with Crippen LogP contribution in [0.4, 0.5) is 10.5 Å². The average molecular weight is 505 g/mol. The monoisotopic (exact) mass is 504 g/mol. The van der Waals surface area contributed by atoms with Gasteiger partial charge >= 0.3 is 6.09 Å². The van der Waals surface area contributed by atoms with Crippen LogP contribution in [-0.4, -0.2) is 52.7 Å². The molecule has 0 saturated heterocycles. The lowest BCUT2D eigenvalue weighted by molar-refractivity contribution is -0.140. The van der Waals surface area contributed by atoms with Gasteiger partial charge in [-0.2, -0.15) is 5.26 Å². The number of para-hydroxylation sites is 1. The van der Waals surface area contributed by atoms with Crippen LogP contribution in [0.25, 0.3) is 0 Å². The van der Waals surface area contributed by atoms with E-state index >= 15 is 0 Å². The molecule has 3 N–H and O–H groups in total. The van der Waals surface area contributed by atoms with Gasteiger partial charge in [0.15, 0.2) is 0 Å². The van der Waals surface area contributed by atoms with Crippen molar-refractivity contribution in [2.24, 2.45) is 0 Å². The van der Waals surface area contributed by atoms with E-state index in [0.717, 1.165) is 16.0 Å². The van der Waals surface area contributed by atoms with Crippen molar-refractivity contribution in [3.8, 4) is 18.4 Å². The Hall–Kier alpha value is -4.34. The summed E-state index contributed by atoms with van der Waals surface area (Å²) in [6, 6.07) is 11.2. The maximum atomic E-state index is 13.8. The van der Waals surface area contributed by atoms with E-state index in [0.29, 0.717) is 16.8 Å². The zero-order chi connectivity index (χ0) is 27.8. The van der Waals surface area contributed by atoms with E-state index in [4.69, 9.17) is 11.2 Å². The van der Waals surface area contributed by atoms with Crippen LogP contribution in [0.1, 0.15) is 49.1 Å². The number of anilines is 1. The molecule has 0 spiro atoms. The molecule has 9 nitrogen and oxygen atoms in total. The number of carbonyl (C=O) groups is 3. The van der Waals surface area contributed by atoms with Gasteiger partial charge in [0.2, 0.25) is 5.91 Å². The van der Waals surface area contributed by atoms with Crippen molar-refractivity contribution in [1.29, 1.82) is 5.26 Å². The van der Waals surface area contributed by atoms with E-state index in [1.54, 1.807) is 45.0 Å². The average Bonchev–Trinajstić information content (AvgIpc) is 2.83. The molecule has 9 heteroatoms. The Morgan fingerprint density at radius 2 is 1.73 bits per heavy atom. The Morgan fingerprint density at radius 1 is 1.11 bits per heavy atom. The van der Waals surface area contributed by atoms with Crippen molar-refractivity contribution in [2.75, 3.05) is 18.5 Å². The van der Waals surface area contributed by atoms with Crippen LogP contribution in [0.2, 0.25) is 0 Å². The van der Waals surface area contributed by atoms with E-state index in [-0.39, 0.29) is 0 Å². The van der Waals surface area contributed by atoms with Crippen LogP contribution < -0.4 is 10.6 Å². The molecule has 0 aliphatic carbocycles. The first-order chi connectivity index (χ1) is 17.4. The molecule has 2 atom stereocenters. The highest BCUT2D eigenvalue weighted by Gasteiger charge is 2.37. The van der Waals surface area contributed by atoms with Crippen molar-refractivity contribution in [3.05, 3.63) is 64.7 Å². The Labute approximate surface area is 217 Å². The third-order valence-electron chi connectivity index (χ3n) is 5.40. The first kappa shape index (κ1) is 28.9. The second-order valence-electron chi connectivity index (χ2n) is 9.40. The number of hydrogen-bond donors (Lipinski definition) is 3. The van der Waals surface area contributed by atoms with Crippen LogP contribution in [-0.2, 0) is 14.3 Å². The fourth-order valence-corrected chi connectivity index (χ4v) is 3.73. The van der Waals surface area contributed by atoms with Gasteiger partial charge in [-0.25, -0.2) is 4.79 Å². The highest BCUT2D eigenvalue weighted by atomic mass is 16.6. The van der Waals surface area contributed by atoms with Crippen LogP contribution in [0, 0.1) is 37.5 Å². The van der Waals surface area contributed by atoms with E-state index in [2.05, 4.69) is 16.6 Å². The van der Waals surface area contributed by atoms with E-state index in [1.165, 1.54) is 0 Å². The summed E-state index contributed by atoms with van der Waals surface area (Å²) in [5.74, 6) is 1.04. The molecule has 0 aliphatic heterocycles. The summed E-state index contributed by atoms with van der Waals surface area (Å²) in [4.78, 5) is 40.7. The number of nitriles is 1. The first-order valence-electron chi connectivity index (χ1n) is 11.6. The largest absolute Gasteiger partial charge is 0.444 e. The Balaban J connectivity index is 2.56. The predicted octanol–water partition coefficient (Wildman–Crippen LogP) is 3.20. The minimum Gasteiger partial charge on any atom is -0.444 e. The third kappa shape index (κ3) is 7.57. The van der Waals surface area contributed by atoms with Gasteiger partial charge < -0.3 is 25.4 Å². The Bertz CT molecular complexity index is 1220. The van der Waals surface area contributed by atoms with Gasteiger partial charge in [-0.15, -0.1) is 6.42 Å². The molecular weight excluding hydrogens is 472 g/mol. The number of carbonyl (C=O) groups excluding carboxylic acids is 3. The Kier molecular flexibility index (Phi) is 9.82. The van der Waals surface area contributed by atoms with Gasteiger partial charge in [-0.1, -0.05) is 42.3 Å². The van der Waals surface area contributed by atoms with Crippen molar-refractivity contribution >= 4 is 23.6 Å². The summed E-state index contributed by atoms with van der Waals surface area (Å²) in [6.07, 6.45) is 4.75. The van der Waals surface area contributed by atoms with Gasteiger partial charge in [0.1, 0.15) is 24.2 Å². The minimum atomic E-state index is -1.48. The van der Waals surface area contributed by atoms with Crippen molar-refractivity contribution in [1.82, 2.24) is 10.2 Å².